The number of rotatable bonds is 6. The maximum atomic E-state index is 13.1. The van der Waals surface area contributed by atoms with Gasteiger partial charge in [0.15, 0.2) is 6.10 Å². The molecule has 3 aromatic rings. The Morgan fingerprint density at radius 3 is 2.67 bits per heavy atom. The third-order valence-electron chi connectivity index (χ3n) is 3.68. The van der Waals surface area contributed by atoms with Gasteiger partial charge in [0.2, 0.25) is 5.89 Å². The molecule has 0 unspecified atom stereocenters. The molecule has 0 amide bonds. The molecule has 138 valence electrons. The lowest BCUT2D eigenvalue weighted by molar-refractivity contribution is -0.143. The van der Waals surface area contributed by atoms with Crippen molar-refractivity contribution in [2.75, 3.05) is 7.11 Å². The SMILES string of the molecule is COc1ccc(-c2nnc([C@H](C)OC(=O)/C=C/c3cccc(F)c3)o2)cc1. The van der Waals surface area contributed by atoms with Crippen molar-refractivity contribution in [1.82, 2.24) is 10.2 Å². The Morgan fingerprint density at radius 2 is 1.96 bits per heavy atom. The van der Waals surface area contributed by atoms with Crippen LogP contribution < -0.4 is 4.74 Å². The van der Waals surface area contributed by atoms with E-state index < -0.39 is 12.1 Å². The molecular weight excluding hydrogens is 351 g/mol. The van der Waals surface area contributed by atoms with Gasteiger partial charge in [-0.1, -0.05) is 12.1 Å². The van der Waals surface area contributed by atoms with Crippen LogP contribution in [0.3, 0.4) is 0 Å². The van der Waals surface area contributed by atoms with E-state index in [9.17, 15) is 9.18 Å². The van der Waals surface area contributed by atoms with Crippen LogP contribution in [0.5, 0.6) is 5.75 Å². The summed E-state index contributed by atoms with van der Waals surface area (Å²) in [6.45, 7) is 1.62. The molecule has 0 radical (unpaired) electrons. The maximum absolute atomic E-state index is 13.1. The van der Waals surface area contributed by atoms with Crippen molar-refractivity contribution in [2.24, 2.45) is 0 Å². The zero-order chi connectivity index (χ0) is 19.2. The summed E-state index contributed by atoms with van der Waals surface area (Å²) in [5, 5.41) is 7.88. The van der Waals surface area contributed by atoms with Crippen molar-refractivity contribution >= 4 is 12.0 Å². The predicted molar refractivity (Wildman–Crippen MR) is 96.2 cm³/mol. The van der Waals surface area contributed by atoms with Gasteiger partial charge in [-0.3, -0.25) is 0 Å². The van der Waals surface area contributed by atoms with E-state index in [0.29, 0.717) is 17.2 Å². The minimum Gasteiger partial charge on any atom is -0.497 e. The molecular formula is C20H17FN2O4. The molecule has 7 heteroatoms. The van der Waals surface area contributed by atoms with Crippen LogP contribution >= 0.6 is 0 Å². The summed E-state index contributed by atoms with van der Waals surface area (Å²) < 4.78 is 29.0. The Morgan fingerprint density at radius 1 is 1.19 bits per heavy atom. The molecule has 0 saturated carbocycles. The van der Waals surface area contributed by atoms with Gasteiger partial charge in [-0.2, -0.15) is 0 Å². The lowest BCUT2D eigenvalue weighted by Crippen LogP contribution is -2.06. The first kappa shape index (κ1) is 18.3. The van der Waals surface area contributed by atoms with Crippen molar-refractivity contribution in [3.8, 4) is 17.2 Å². The number of hydrogen-bond acceptors (Lipinski definition) is 6. The van der Waals surface area contributed by atoms with Crippen LogP contribution in [-0.4, -0.2) is 23.3 Å². The van der Waals surface area contributed by atoms with Gasteiger partial charge in [-0.05, 0) is 55.0 Å². The van der Waals surface area contributed by atoms with E-state index in [-0.39, 0.29) is 11.7 Å². The molecule has 0 spiro atoms. The second-order valence-corrected chi connectivity index (χ2v) is 5.64. The number of ether oxygens (including phenoxy) is 2. The lowest BCUT2D eigenvalue weighted by atomic mass is 10.2. The number of carbonyl (C=O) groups excluding carboxylic acids is 1. The molecule has 1 atom stereocenters. The van der Waals surface area contributed by atoms with Crippen LogP contribution in [0.4, 0.5) is 4.39 Å². The summed E-state index contributed by atoms with van der Waals surface area (Å²) in [4.78, 5) is 11.9. The van der Waals surface area contributed by atoms with Crippen LogP contribution in [-0.2, 0) is 9.53 Å². The highest BCUT2D eigenvalue weighted by atomic mass is 19.1. The van der Waals surface area contributed by atoms with Gasteiger partial charge >= 0.3 is 5.97 Å². The molecule has 0 aliphatic carbocycles. The molecule has 0 fully saturated rings. The largest absolute Gasteiger partial charge is 0.497 e. The highest BCUT2D eigenvalue weighted by Gasteiger charge is 2.18. The molecule has 3 rings (SSSR count). The van der Waals surface area contributed by atoms with E-state index >= 15 is 0 Å². The molecule has 1 heterocycles. The zero-order valence-electron chi connectivity index (χ0n) is 14.8. The van der Waals surface area contributed by atoms with Gasteiger partial charge in [0.25, 0.3) is 5.89 Å². The van der Waals surface area contributed by atoms with E-state index in [1.54, 1.807) is 50.4 Å². The number of nitrogens with zero attached hydrogens (tertiary/aromatic N) is 2. The van der Waals surface area contributed by atoms with E-state index in [1.807, 2.05) is 0 Å². The fourth-order valence-corrected chi connectivity index (χ4v) is 2.29. The smallest absolute Gasteiger partial charge is 0.331 e. The number of hydrogen-bond donors (Lipinski definition) is 0. The molecule has 1 aromatic heterocycles. The summed E-state index contributed by atoms with van der Waals surface area (Å²) in [5.41, 5.74) is 1.28. The Bertz CT molecular complexity index is 951. The van der Waals surface area contributed by atoms with Crippen molar-refractivity contribution in [2.45, 2.75) is 13.0 Å². The summed E-state index contributed by atoms with van der Waals surface area (Å²) in [6, 6.07) is 13.0. The number of benzene rings is 2. The molecule has 27 heavy (non-hydrogen) atoms. The quantitative estimate of drug-likeness (QED) is 0.479. The van der Waals surface area contributed by atoms with Crippen molar-refractivity contribution < 1.29 is 23.1 Å². The molecule has 0 aliphatic rings. The van der Waals surface area contributed by atoms with Crippen molar-refractivity contribution in [1.29, 1.82) is 0 Å². The molecule has 2 aromatic carbocycles. The highest BCUT2D eigenvalue weighted by Crippen LogP contribution is 2.24. The summed E-state index contributed by atoms with van der Waals surface area (Å²) in [6.07, 6.45) is 1.95. The van der Waals surface area contributed by atoms with Gasteiger partial charge in [-0.25, -0.2) is 9.18 Å². The van der Waals surface area contributed by atoms with Gasteiger partial charge in [0.05, 0.1) is 7.11 Å². The number of halogens is 1. The molecule has 0 bridgehead atoms. The number of aromatic nitrogens is 2. The number of methoxy groups -OCH3 is 1. The monoisotopic (exact) mass is 368 g/mol. The van der Waals surface area contributed by atoms with Crippen LogP contribution in [0, 0.1) is 5.82 Å². The minimum absolute atomic E-state index is 0.174. The van der Waals surface area contributed by atoms with E-state index in [0.717, 1.165) is 5.56 Å². The van der Waals surface area contributed by atoms with E-state index in [2.05, 4.69) is 10.2 Å². The predicted octanol–water partition coefficient (Wildman–Crippen LogP) is 4.20. The van der Waals surface area contributed by atoms with Crippen molar-refractivity contribution in [3.63, 3.8) is 0 Å². The van der Waals surface area contributed by atoms with Crippen molar-refractivity contribution in [3.05, 3.63) is 71.9 Å². The molecule has 0 saturated heterocycles. The van der Waals surface area contributed by atoms with Crippen LogP contribution in [0.1, 0.15) is 24.5 Å². The first-order valence-corrected chi connectivity index (χ1v) is 8.17. The first-order chi connectivity index (χ1) is 13.0. The normalized spacial score (nSPS) is 12.1. The Labute approximate surface area is 155 Å². The zero-order valence-corrected chi connectivity index (χ0v) is 14.8. The maximum Gasteiger partial charge on any atom is 0.331 e. The summed E-state index contributed by atoms with van der Waals surface area (Å²) in [7, 11) is 1.58. The number of carbonyl (C=O) groups is 1. The van der Waals surface area contributed by atoms with Gasteiger partial charge in [-0.15, -0.1) is 10.2 Å². The Kier molecular flexibility index (Phi) is 5.61. The molecule has 6 nitrogen and oxygen atoms in total. The van der Waals surface area contributed by atoms with Gasteiger partial charge in [0.1, 0.15) is 11.6 Å². The molecule has 0 aliphatic heterocycles. The Hall–Kier alpha value is -3.48. The first-order valence-electron chi connectivity index (χ1n) is 8.17. The minimum atomic E-state index is -0.728. The molecule has 0 N–H and O–H groups in total. The van der Waals surface area contributed by atoms with Crippen LogP contribution in [0.25, 0.3) is 17.5 Å². The van der Waals surface area contributed by atoms with E-state index in [4.69, 9.17) is 13.9 Å². The Balaban J connectivity index is 1.63. The van der Waals surface area contributed by atoms with Crippen LogP contribution in [0.2, 0.25) is 0 Å². The lowest BCUT2D eigenvalue weighted by Gasteiger charge is -2.06. The highest BCUT2D eigenvalue weighted by molar-refractivity contribution is 5.87. The summed E-state index contributed by atoms with van der Waals surface area (Å²) >= 11 is 0. The average Bonchev–Trinajstić information content (AvgIpc) is 3.17. The third kappa shape index (κ3) is 4.78. The second kappa shape index (κ2) is 8.27. The topological polar surface area (TPSA) is 74.5 Å². The van der Waals surface area contributed by atoms with Crippen LogP contribution in [0.15, 0.2) is 59.0 Å². The van der Waals surface area contributed by atoms with Gasteiger partial charge < -0.3 is 13.9 Å². The standard InChI is InChI=1S/C20H17FN2O4/c1-13(26-18(24)11-6-14-4-3-5-16(21)12-14)19-22-23-20(27-19)15-7-9-17(25-2)10-8-15/h3-13H,1-2H3/b11-6+/t13-/m0/s1. The second-order valence-electron chi connectivity index (χ2n) is 5.64. The fourth-order valence-electron chi connectivity index (χ4n) is 2.29. The van der Waals surface area contributed by atoms with E-state index in [1.165, 1.54) is 24.3 Å². The average molecular weight is 368 g/mol. The fraction of sp³-hybridized carbons (Fsp3) is 0.150. The van der Waals surface area contributed by atoms with Gasteiger partial charge in [0, 0.05) is 11.6 Å². The summed E-state index contributed by atoms with van der Waals surface area (Å²) in [5.74, 6) is 0.219. The third-order valence-corrected chi connectivity index (χ3v) is 3.68. The number of esters is 1.